The van der Waals surface area contributed by atoms with Crippen LogP contribution in [0.25, 0.3) is 0 Å². The summed E-state index contributed by atoms with van der Waals surface area (Å²) in [6.45, 7) is 19.6. The molecule has 0 aliphatic carbocycles. The lowest BCUT2D eigenvalue weighted by molar-refractivity contribution is -0.136. The quantitative estimate of drug-likeness (QED) is 0.0590. The summed E-state index contributed by atoms with van der Waals surface area (Å²) in [7, 11) is -1.72. The number of imide groups is 2. The zero-order chi connectivity index (χ0) is 42.9. The first-order chi connectivity index (χ1) is 28.3. The van der Waals surface area contributed by atoms with Gasteiger partial charge in [-0.25, -0.2) is 0 Å². The van der Waals surface area contributed by atoms with Gasteiger partial charge in [-0.1, -0.05) is 33.3 Å². The van der Waals surface area contributed by atoms with Crippen molar-refractivity contribution in [1.29, 1.82) is 0 Å². The van der Waals surface area contributed by atoms with E-state index in [0.29, 0.717) is 119 Å². The molecular weight excluding hydrogens is 787 g/mol. The minimum Gasteiger partial charge on any atom is -0.414 e. The molecule has 2 aliphatic rings. The fourth-order valence-corrected chi connectivity index (χ4v) is 6.74. The highest BCUT2D eigenvalue weighted by Gasteiger charge is 2.45. The smallest absolute Gasteiger partial charge is 0.264 e. The molecule has 1 unspecified atom stereocenters. The van der Waals surface area contributed by atoms with E-state index in [9.17, 15) is 24.0 Å². The molecule has 1 aromatic carbocycles. The minimum atomic E-state index is -1.72. The van der Waals surface area contributed by atoms with Crippen molar-refractivity contribution >= 4 is 43.5 Å². The molecule has 0 saturated carbocycles. The van der Waals surface area contributed by atoms with Gasteiger partial charge in [0.15, 0.2) is 8.32 Å². The predicted octanol–water partition coefficient (Wildman–Crippen LogP) is 3.74. The van der Waals surface area contributed by atoms with Crippen molar-refractivity contribution in [2.24, 2.45) is 0 Å². The van der Waals surface area contributed by atoms with E-state index >= 15 is 0 Å². The van der Waals surface area contributed by atoms with Gasteiger partial charge in [-0.2, -0.15) is 0 Å². The molecule has 0 spiro atoms. The zero-order valence-corrected chi connectivity index (χ0v) is 36.7. The molecule has 1 fully saturated rings. The molecule has 2 heterocycles. The topological polar surface area (TPSA) is 196 Å². The molecule has 0 bridgehead atoms. The molecule has 2 aliphatic heterocycles. The molecule has 5 amide bonds. The van der Waals surface area contributed by atoms with Crippen molar-refractivity contribution in [2.45, 2.75) is 83.5 Å². The molecule has 1 aromatic rings. The first-order valence-corrected chi connectivity index (χ1v) is 23.6. The third-order valence-corrected chi connectivity index (χ3v) is 14.6. The minimum absolute atomic E-state index is 0.0294. The zero-order valence-electron chi connectivity index (χ0n) is 35.7. The van der Waals surface area contributed by atoms with Crippen LogP contribution in [0.4, 0.5) is 5.69 Å². The third kappa shape index (κ3) is 18.5. The summed E-state index contributed by atoms with van der Waals surface area (Å²) < 4.78 is 50.4. The van der Waals surface area contributed by atoms with E-state index < -0.39 is 38.0 Å². The third-order valence-electron chi connectivity index (χ3n) is 10.0. The Morgan fingerprint density at radius 1 is 0.678 bits per heavy atom. The number of anilines is 1. The van der Waals surface area contributed by atoms with E-state index in [-0.39, 0.29) is 47.0 Å². The lowest BCUT2D eigenvalue weighted by atomic mass is 10.0. The highest BCUT2D eigenvalue weighted by Crippen LogP contribution is 2.36. The monoisotopic (exact) mass is 853 g/mol. The molecule has 2 N–H and O–H groups in total. The predicted molar refractivity (Wildman–Crippen MR) is 220 cm³/mol. The van der Waals surface area contributed by atoms with E-state index in [1.165, 1.54) is 6.07 Å². The molecule has 59 heavy (non-hydrogen) atoms. The number of rotatable bonds is 33. The number of piperidine rings is 1. The van der Waals surface area contributed by atoms with E-state index in [4.69, 9.17) is 42.3 Å². The molecule has 334 valence electrons. The second-order valence-corrected chi connectivity index (χ2v) is 20.4. The number of hydrogen-bond acceptors (Lipinski definition) is 14. The maximum absolute atomic E-state index is 13.2. The van der Waals surface area contributed by atoms with Crippen LogP contribution in [-0.4, -0.2) is 161 Å². The van der Waals surface area contributed by atoms with Gasteiger partial charge < -0.3 is 47.6 Å². The van der Waals surface area contributed by atoms with Crippen LogP contribution >= 0.6 is 0 Å². The summed E-state index contributed by atoms with van der Waals surface area (Å²) in [6, 6.07) is 3.54. The van der Waals surface area contributed by atoms with Gasteiger partial charge in [-0.05, 0) is 49.5 Å². The summed E-state index contributed by atoms with van der Waals surface area (Å²) in [5.41, 5.74) is 0.387. The summed E-state index contributed by atoms with van der Waals surface area (Å²) >= 11 is 0. The maximum Gasteiger partial charge on any atom is 0.264 e. The van der Waals surface area contributed by atoms with E-state index in [1.807, 2.05) is 0 Å². The van der Waals surface area contributed by atoms with Gasteiger partial charge >= 0.3 is 0 Å². The lowest BCUT2D eigenvalue weighted by Gasteiger charge is -2.36. The summed E-state index contributed by atoms with van der Waals surface area (Å²) in [4.78, 5) is 63.6. The van der Waals surface area contributed by atoms with Gasteiger partial charge in [0.1, 0.15) is 6.04 Å². The highest BCUT2D eigenvalue weighted by atomic mass is 28.4. The average molecular weight is 854 g/mol. The number of carbonyl (C=O) groups is 5. The number of nitrogens with zero attached hydrogens (tertiary/aromatic N) is 1. The Bertz CT molecular complexity index is 1460. The Labute approximate surface area is 349 Å². The Kier molecular flexibility index (Phi) is 23.5. The lowest BCUT2D eigenvalue weighted by Crippen LogP contribution is -2.54. The van der Waals surface area contributed by atoms with Gasteiger partial charge in [0.25, 0.3) is 11.8 Å². The molecule has 17 nitrogen and oxygen atoms in total. The van der Waals surface area contributed by atoms with Gasteiger partial charge in [0, 0.05) is 19.4 Å². The molecule has 1 saturated heterocycles. The fourth-order valence-electron chi connectivity index (χ4n) is 5.71. The fraction of sp³-hybridized carbons (Fsp3) is 0.732. The van der Waals surface area contributed by atoms with Crippen LogP contribution in [0.1, 0.15) is 80.0 Å². The molecule has 0 radical (unpaired) electrons. The number of hydrogen-bond donors (Lipinski definition) is 2. The van der Waals surface area contributed by atoms with Gasteiger partial charge in [0.05, 0.1) is 123 Å². The normalized spacial score (nSPS) is 15.9. The van der Waals surface area contributed by atoms with Crippen molar-refractivity contribution in [3.05, 3.63) is 29.3 Å². The molecule has 0 aromatic heterocycles. The summed E-state index contributed by atoms with van der Waals surface area (Å²) in [5, 5.41) is 5.11. The van der Waals surface area contributed by atoms with Crippen molar-refractivity contribution < 1.29 is 66.3 Å². The molecule has 1 atom stereocenters. The van der Waals surface area contributed by atoms with Crippen LogP contribution in [0.2, 0.25) is 18.1 Å². The second kappa shape index (κ2) is 27.6. The summed E-state index contributed by atoms with van der Waals surface area (Å²) in [6.07, 6.45) is 2.46. The van der Waals surface area contributed by atoms with Crippen molar-refractivity contribution in [1.82, 2.24) is 10.2 Å². The SMILES string of the molecule is CC(C)(C)[Si](C)(C)OCCOCCOCCOCCOCCOCCOCCOCCOCCCCCC(=O)Nc1cccc2c1C(=O)N(C1CCC(=O)NC1=O)C2=O. The Hall–Kier alpha value is -3.17. The number of unbranched alkanes of at least 4 members (excludes halogenated alkanes) is 2. The van der Waals surface area contributed by atoms with Crippen molar-refractivity contribution in [2.75, 3.05) is 118 Å². The first kappa shape index (κ1) is 50.2. The van der Waals surface area contributed by atoms with Crippen molar-refractivity contribution in [3.63, 3.8) is 0 Å². The first-order valence-electron chi connectivity index (χ1n) is 20.7. The highest BCUT2D eigenvalue weighted by molar-refractivity contribution is 6.74. The average Bonchev–Trinajstić information content (AvgIpc) is 3.44. The Morgan fingerprint density at radius 2 is 1.15 bits per heavy atom. The molecule has 18 heteroatoms. The van der Waals surface area contributed by atoms with Gasteiger partial charge in [0.2, 0.25) is 17.7 Å². The van der Waals surface area contributed by atoms with E-state index in [1.54, 1.807) is 12.1 Å². The number of benzene rings is 1. The summed E-state index contributed by atoms with van der Waals surface area (Å²) in [5.74, 6) is -2.71. The number of carbonyl (C=O) groups excluding carboxylic acids is 5. The van der Waals surface area contributed by atoms with E-state index in [0.717, 1.165) is 17.7 Å². The molecular formula is C41H67N3O14Si. The Morgan fingerprint density at radius 3 is 1.63 bits per heavy atom. The van der Waals surface area contributed by atoms with Crippen LogP contribution in [0.3, 0.4) is 0 Å². The van der Waals surface area contributed by atoms with E-state index in [2.05, 4.69) is 44.5 Å². The maximum atomic E-state index is 13.2. The van der Waals surface area contributed by atoms with Crippen LogP contribution < -0.4 is 10.6 Å². The Balaban J connectivity index is 1.03. The number of amides is 5. The van der Waals surface area contributed by atoms with Crippen molar-refractivity contribution in [3.8, 4) is 0 Å². The standard InChI is InChI=1S/C41H67N3O14Si/c1-41(2,3)59(4,5)58-31-30-57-29-28-56-27-26-55-25-24-54-23-22-53-21-20-52-19-18-51-17-16-50-15-8-6-7-12-35(45)42-33-11-9-10-32-37(33)40(49)44(39(32)48)34-13-14-36(46)43-38(34)47/h9-11,34H,6-8,12-31H2,1-5H3,(H,42,45)(H,43,46,47). The van der Waals surface area contributed by atoms with Crippen LogP contribution in [0, 0.1) is 0 Å². The van der Waals surface area contributed by atoms with Gasteiger partial charge in [-0.3, -0.25) is 34.2 Å². The van der Waals surface area contributed by atoms with Crippen LogP contribution in [0.15, 0.2) is 18.2 Å². The van der Waals surface area contributed by atoms with Crippen LogP contribution in [-0.2, 0) is 56.7 Å². The number of fused-ring (bicyclic) bond motifs is 1. The van der Waals surface area contributed by atoms with Crippen LogP contribution in [0.5, 0.6) is 0 Å². The van der Waals surface area contributed by atoms with Gasteiger partial charge in [-0.15, -0.1) is 0 Å². The largest absolute Gasteiger partial charge is 0.414 e. The molecule has 3 rings (SSSR count). The number of nitrogens with one attached hydrogen (secondary N) is 2. The number of ether oxygens (including phenoxy) is 8. The second-order valence-electron chi connectivity index (χ2n) is 15.5.